The molecule has 1 fully saturated rings. The second kappa shape index (κ2) is 10.2. The van der Waals surface area contributed by atoms with Gasteiger partial charge in [0.2, 0.25) is 11.8 Å². The Morgan fingerprint density at radius 2 is 1.62 bits per heavy atom. The Hall–Kier alpha value is -2.04. The highest BCUT2D eigenvalue weighted by Crippen LogP contribution is 2.13. The van der Waals surface area contributed by atoms with E-state index in [1.807, 2.05) is 41.0 Å². The maximum absolute atomic E-state index is 12.4. The highest BCUT2D eigenvalue weighted by Gasteiger charge is 2.22. The number of carbonyl (C=O) groups is 2. The van der Waals surface area contributed by atoms with Crippen molar-refractivity contribution in [2.75, 3.05) is 32.8 Å². The topological polar surface area (TPSA) is 49.9 Å². The summed E-state index contributed by atoms with van der Waals surface area (Å²) in [5.41, 5.74) is 1.20. The average Bonchev–Trinajstić information content (AvgIpc) is 2.86. The zero-order valence-corrected chi connectivity index (χ0v) is 16.4. The smallest absolute Gasteiger partial charge is 0.222 e. The Balaban J connectivity index is 1.69. The first-order chi connectivity index (χ1) is 12.5. The lowest BCUT2D eigenvalue weighted by Gasteiger charge is -2.23. The third kappa shape index (κ3) is 6.70. The standard InChI is InChI=1S/C21H32N2O3/c1-17(2)16-21(25)23-12-5-11-22(13-14-23)20(24)6-4-15-26-19-9-7-18(3)8-10-19/h7-10,17H,4-6,11-16H2,1-3H3. The van der Waals surface area contributed by atoms with E-state index in [1.54, 1.807) is 0 Å². The first-order valence-corrected chi connectivity index (χ1v) is 9.70. The monoisotopic (exact) mass is 360 g/mol. The Bertz CT molecular complexity index is 583. The van der Waals surface area contributed by atoms with Gasteiger partial charge in [-0.2, -0.15) is 0 Å². The predicted molar refractivity (Wildman–Crippen MR) is 103 cm³/mol. The summed E-state index contributed by atoms with van der Waals surface area (Å²) in [7, 11) is 0. The molecule has 144 valence electrons. The Morgan fingerprint density at radius 1 is 1.00 bits per heavy atom. The number of rotatable bonds is 7. The SMILES string of the molecule is Cc1ccc(OCCCC(=O)N2CCCN(C(=O)CC(C)C)CC2)cc1. The van der Waals surface area contributed by atoms with Crippen LogP contribution >= 0.6 is 0 Å². The lowest BCUT2D eigenvalue weighted by atomic mass is 10.1. The molecule has 1 aliphatic heterocycles. The van der Waals surface area contributed by atoms with Crippen molar-refractivity contribution in [3.05, 3.63) is 29.8 Å². The van der Waals surface area contributed by atoms with E-state index in [0.29, 0.717) is 44.9 Å². The molecule has 1 aliphatic rings. The van der Waals surface area contributed by atoms with Gasteiger partial charge < -0.3 is 14.5 Å². The van der Waals surface area contributed by atoms with E-state index in [4.69, 9.17) is 4.74 Å². The fourth-order valence-corrected chi connectivity index (χ4v) is 3.10. The molecular weight excluding hydrogens is 328 g/mol. The van der Waals surface area contributed by atoms with Gasteiger partial charge in [-0.15, -0.1) is 0 Å². The largest absolute Gasteiger partial charge is 0.494 e. The van der Waals surface area contributed by atoms with E-state index >= 15 is 0 Å². The average molecular weight is 360 g/mol. The van der Waals surface area contributed by atoms with E-state index in [2.05, 4.69) is 13.8 Å². The minimum Gasteiger partial charge on any atom is -0.494 e. The lowest BCUT2D eigenvalue weighted by molar-refractivity contribution is -0.134. The number of hydrogen-bond donors (Lipinski definition) is 0. The van der Waals surface area contributed by atoms with Gasteiger partial charge in [-0.3, -0.25) is 9.59 Å². The molecule has 0 bridgehead atoms. The molecular formula is C21H32N2O3. The molecule has 0 aliphatic carbocycles. The maximum Gasteiger partial charge on any atom is 0.222 e. The van der Waals surface area contributed by atoms with Gasteiger partial charge in [-0.1, -0.05) is 31.5 Å². The third-order valence-electron chi connectivity index (χ3n) is 4.61. The highest BCUT2D eigenvalue weighted by molar-refractivity contribution is 5.77. The van der Waals surface area contributed by atoms with Crippen LogP contribution in [0.5, 0.6) is 5.75 Å². The van der Waals surface area contributed by atoms with Gasteiger partial charge in [0.25, 0.3) is 0 Å². The van der Waals surface area contributed by atoms with Crippen LogP contribution in [-0.4, -0.2) is 54.4 Å². The van der Waals surface area contributed by atoms with Gasteiger partial charge in [-0.25, -0.2) is 0 Å². The highest BCUT2D eigenvalue weighted by atomic mass is 16.5. The van der Waals surface area contributed by atoms with E-state index in [-0.39, 0.29) is 11.8 Å². The first kappa shape index (κ1) is 20.3. The zero-order chi connectivity index (χ0) is 18.9. The molecule has 0 atom stereocenters. The molecule has 1 aromatic rings. The molecule has 0 N–H and O–H groups in total. The van der Waals surface area contributed by atoms with Crippen molar-refractivity contribution < 1.29 is 14.3 Å². The van der Waals surface area contributed by atoms with Gasteiger partial charge in [0.05, 0.1) is 6.61 Å². The van der Waals surface area contributed by atoms with Crippen molar-refractivity contribution in [2.45, 2.75) is 46.5 Å². The molecule has 0 unspecified atom stereocenters. The van der Waals surface area contributed by atoms with Crippen molar-refractivity contribution in [1.29, 1.82) is 0 Å². The zero-order valence-electron chi connectivity index (χ0n) is 16.4. The number of hydrogen-bond acceptors (Lipinski definition) is 3. The van der Waals surface area contributed by atoms with Crippen molar-refractivity contribution >= 4 is 11.8 Å². The summed E-state index contributed by atoms with van der Waals surface area (Å²) in [6, 6.07) is 7.94. The summed E-state index contributed by atoms with van der Waals surface area (Å²) in [6.07, 6.45) is 2.64. The van der Waals surface area contributed by atoms with Crippen molar-refractivity contribution in [2.24, 2.45) is 5.92 Å². The molecule has 1 aromatic carbocycles. The number of aryl methyl sites for hydroxylation is 1. The number of ether oxygens (including phenoxy) is 1. The molecule has 0 saturated carbocycles. The van der Waals surface area contributed by atoms with Gasteiger partial charge in [0.1, 0.15) is 5.75 Å². The molecule has 0 radical (unpaired) electrons. The molecule has 2 amide bonds. The lowest BCUT2D eigenvalue weighted by Crippen LogP contribution is -2.37. The molecule has 1 heterocycles. The Labute approximate surface area is 157 Å². The maximum atomic E-state index is 12.4. The van der Waals surface area contributed by atoms with Crippen LogP contribution < -0.4 is 4.74 Å². The summed E-state index contributed by atoms with van der Waals surface area (Å²) in [4.78, 5) is 28.4. The van der Waals surface area contributed by atoms with Crippen LogP contribution in [0.15, 0.2) is 24.3 Å². The number of benzene rings is 1. The quantitative estimate of drug-likeness (QED) is 0.701. The minimum absolute atomic E-state index is 0.163. The fourth-order valence-electron chi connectivity index (χ4n) is 3.10. The normalized spacial score (nSPS) is 15.1. The van der Waals surface area contributed by atoms with Crippen LogP contribution in [0.1, 0.15) is 45.1 Å². The number of carbonyl (C=O) groups excluding carboxylic acids is 2. The Morgan fingerprint density at radius 3 is 2.23 bits per heavy atom. The van der Waals surface area contributed by atoms with Gasteiger partial charge >= 0.3 is 0 Å². The predicted octanol–water partition coefficient (Wildman–Crippen LogP) is 3.26. The molecule has 0 aromatic heterocycles. The van der Waals surface area contributed by atoms with Crippen molar-refractivity contribution in [3.63, 3.8) is 0 Å². The van der Waals surface area contributed by atoms with Crippen LogP contribution in [0.25, 0.3) is 0 Å². The summed E-state index contributed by atoms with van der Waals surface area (Å²) in [5, 5.41) is 0. The minimum atomic E-state index is 0.163. The second-order valence-electron chi connectivity index (χ2n) is 7.48. The molecule has 5 heteroatoms. The molecule has 0 spiro atoms. The van der Waals surface area contributed by atoms with Crippen molar-refractivity contribution in [3.8, 4) is 5.75 Å². The van der Waals surface area contributed by atoms with Gasteiger partial charge in [-0.05, 0) is 37.8 Å². The molecule has 26 heavy (non-hydrogen) atoms. The summed E-state index contributed by atoms with van der Waals surface area (Å²) in [5.74, 6) is 1.59. The van der Waals surface area contributed by atoms with Crippen LogP contribution in [-0.2, 0) is 9.59 Å². The molecule has 1 saturated heterocycles. The van der Waals surface area contributed by atoms with Crippen LogP contribution in [0.4, 0.5) is 0 Å². The van der Waals surface area contributed by atoms with E-state index < -0.39 is 0 Å². The van der Waals surface area contributed by atoms with Crippen LogP contribution in [0.2, 0.25) is 0 Å². The van der Waals surface area contributed by atoms with Crippen LogP contribution in [0, 0.1) is 12.8 Å². The first-order valence-electron chi connectivity index (χ1n) is 9.70. The van der Waals surface area contributed by atoms with Crippen LogP contribution in [0.3, 0.4) is 0 Å². The van der Waals surface area contributed by atoms with Gasteiger partial charge in [0, 0.05) is 39.0 Å². The second-order valence-corrected chi connectivity index (χ2v) is 7.48. The van der Waals surface area contributed by atoms with Crippen molar-refractivity contribution in [1.82, 2.24) is 9.80 Å². The summed E-state index contributed by atoms with van der Waals surface area (Å²) < 4.78 is 5.69. The fraction of sp³-hybridized carbons (Fsp3) is 0.619. The number of nitrogens with zero attached hydrogens (tertiary/aromatic N) is 2. The van der Waals surface area contributed by atoms with Gasteiger partial charge in [0.15, 0.2) is 0 Å². The van der Waals surface area contributed by atoms with E-state index in [0.717, 1.165) is 25.3 Å². The summed E-state index contributed by atoms with van der Waals surface area (Å²) in [6.45, 7) is 9.49. The molecule has 2 rings (SSSR count). The molecule has 5 nitrogen and oxygen atoms in total. The summed E-state index contributed by atoms with van der Waals surface area (Å²) >= 11 is 0. The Kier molecular flexibility index (Phi) is 7.95. The van der Waals surface area contributed by atoms with E-state index in [1.165, 1.54) is 5.56 Å². The third-order valence-corrected chi connectivity index (χ3v) is 4.61. The number of amides is 2. The van der Waals surface area contributed by atoms with E-state index in [9.17, 15) is 9.59 Å².